The third-order valence-electron chi connectivity index (χ3n) is 2.97. The highest BCUT2D eigenvalue weighted by molar-refractivity contribution is 5.84. The van der Waals surface area contributed by atoms with Crippen LogP contribution < -0.4 is 10.2 Å². The fourth-order valence-electron chi connectivity index (χ4n) is 1.96. The van der Waals surface area contributed by atoms with Crippen LogP contribution in [0.5, 0.6) is 5.75 Å². The summed E-state index contributed by atoms with van der Waals surface area (Å²) in [6.45, 7) is 3.72. The highest BCUT2D eigenvalue weighted by Crippen LogP contribution is 2.13. The number of benzene rings is 1. The second kappa shape index (κ2) is 6.74. The fraction of sp³-hybridized carbons (Fsp3) is 0.250. The molecule has 1 aromatic carbocycles. The zero-order chi connectivity index (χ0) is 15.2. The van der Waals surface area contributed by atoms with Crippen LogP contribution in [0, 0.1) is 13.8 Å². The molecule has 5 nitrogen and oxygen atoms in total. The van der Waals surface area contributed by atoms with E-state index in [1.54, 1.807) is 13.3 Å². The van der Waals surface area contributed by atoms with Gasteiger partial charge in [0.1, 0.15) is 17.3 Å². The monoisotopic (exact) mass is 286 g/mol. The molecule has 2 rings (SSSR count). The van der Waals surface area contributed by atoms with Gasteiger partial charge in [0, 0.05) is 5.56 Å². The predicted octanol–water partition coefficient (Wildman–Crippen LogP) is 2.60. The topological polar surface area (TPSA) is 63.8 Å². The van der Waals surface area contributed by atoms with E-state index in [1.165, 1.54) is 0 Å². The average molecular weight is 286 g/mol. The van der Waals surface area contributed by atoms with E-state index in [1.807, 2.05) is 44.2 Å². The van der Waals surface area contributed by atoms with Crippen molar-refractivity contribution in [2.24, 2.45) is 5.10 Å². The standard InChI is InChI=1S/C16H18N2O3/c1-11-7-14(12(2)21-11)10-17-18-16(19)9-13-5-4-6-15(8-13)20-3/h4-8,10H,9H2,1-3H3,(H,18,19)/b17-10-. The minimum absolute atomic E-state index is 0.183. The first-order chi connectivity index (χ1) is 10.1. The van der Waals surface area contributed by atoms with Crippen molar-refractivity contribution in [1.82, 2.24) is 5.43 Å². The highest BCUT2D eigenvalue weighted by atomic mass is 16.5. The van der Waals surface area contributed by atoms with Crippen LogP contribution in [0.3, 0.4) is 0 Å². The van der Waals surface area contributed by atoms with Crippen molar-refractivity contribution in [3.05, 3.63) is 53.0 Å². The molecule has 0 saturated heterocycles. The number of rotatable bonds is 5. The molecule has 0 radical (unpaired) electrons. The number of hydrogen-bond donors (Lipinski definition) is 1. The Hall–Kier alpha value is -2.56. The first-order valence-electron chi connectivity index (χ1n) is 6.60. The number of furan rings is 1. The van der Waals surface area contributed by atoms with E-state index >= 15 is 0 Å². The second-order valence-electron chi connectivity index (χ2n) is 4.69. The molecule has 0 unspecified atom stereocenters. The van der Waals surface area contributed by atoms with Crippen LogP contribution >= 0.6 is 0 Å². The molecule has 1 N–H and O–H groups in total. The van der Waals surface area contributed by atoms with Gasteiger partial charge in [-0.2, -0.15) is 5.10 Å². The molecule has 5 heteroatoms. The normalized spacial score (nSPS) is 10.8. The molecule has 0 aliphatic heterocycles. The Morgan fingerprint density at radius 1 is 1.38 bits per heavy atom. The Balaban J connectivity index is 1.91. The number of nitrogens with one attached hydrogen (secondary N) is 1. The molecule has 2 aromatic rings. The number of amides is 1. The van der Waals surface area contributed by atoms with Crippen LogP contribution in [-0.2, 0) is 11.2 Å². The maximum Gasteiger partial charge on any atom is 0.244 e. The van der Waals surface area contributed by atoms with Gasteiger partial charge in [0.2, 0.25) is 5.91 Å². The number of aryl methyl sites for hydroxylation is 2. The Bertz CT molecular complexity index is 659. The maximum absolute atomic E-state index is 11.8. The number of carbonyl (C=O) groups excluding carboxylic acids is 1. The average Bonchev–Trinajstić information content (AvgIpc) is 2.77. The van der Waals surface area contributed by atoms with Crippen LogP contribution in [0.15, 0.2) is 39.9 Å². The van der Waals surface area contributed by atoms with Gasteiger partial charge in [0.25, 0.3) is 0 Å². The van der Waals surface area contributed by atoms with Gasteiger partial charge in [0.05, 0.1) is 19.7 Å². The summed E-state index contributed by atoms with van der Waals surface area (Å²) in [7, 11) is 1.60. The van der Waals surface area contributed by atoms with Crippen LogP contribution in [0.25, 0.3) is 0 Å². The number of hydrazone groups is 1. The molecule has 0 bridgehead atoms. The number of hydrogen-bond acceptors (Lipinski definition) is 4. The summed E-state index contributed by atoms with van der Waals surface area (Å²) >= 11 is 0. The van der Waals surface area contributed by atoms with E-state index in [4.69, 9.17) is 9.15 Å². The van der Waals surface area contributed by atoms with E-state index in [-0.39, 0.29) is 12.3 Å². The smallest absolute Gasteiger partial charge is 0.244 e. The zero-order valence-corrected chi connectivity index (χ0v) is 12.3. The lowest BCUT2D eigenvalue weighted by atomic mass is 10.1. The third-order valence-corrected chi connectivity index (χ3v) is 2.97. The first-order valence-corrected chi connectivity index (χ1v) is 6.60. The molecule has 1 amide bonds. The van der Waals surface area contributed by atoms with Gasteiger partial charge in [0.15, 0.2) is 0 Å². The summed E-state index contributed by atoms with van der Waals surface area (Å²) in [5, 5.41) is 3.94. The highest BCUT2D eigenvalue weighted by Gasteiger charge is 2.04. The molecule has 0 aliphatic rings. The number of nitrogens with zero attached hydrogens (tertiary/aromatic N) is 1. The molecule has 110 valence electrons. The summed E-state index contributed by atoms with van der Waals surface area (Å²) in [6, 6.07) is 9.25. The van der Waals surface area contributed by atoms with Gasteiger partial charge in [-0.3, -0.25) is 4.79 Å². The molecular formula is C16H18N2O3. The number of carbonyl (C=O) groups is 1. The van der Waals surface area contributed by atoms with Crippen molar-refractivity contribution in [3.63, 3.8) is 0 Å². The Labute approximate surface area is 123 Å². The third kappa shape index (κ3) is 4.21. The lowest BCUT2D eigenvalue weighted by Gasteiger charge is -2.03. The molecule has 1 heterocycles. The quantitative estimate of drug-likeness (QED) is 0.678. The Morgan fingerprint density at radius 3 is 2.86 bits per heavy atom. The van der Waals surface area contributed by atoms with Crippen molar-refractivity contribution in [2.75, 3.05) is 7.11 Å². The van der Waals surface area contributed by atoms with Gasteiger partial charge < -0.3 is 9.15 Å². The molecule has 1 aromatic heterocycles. The summed E-state index contributed by atoms with van der Waals surface area (Å²) in [5.41, 5.74) is 4.23. The number of ether oxygens (including phenoxy) is 1. The van der Waals surface area contributed by atoms with Crippen LogP contribution in [0.4, 0.5) is 0 Å². The van der Waals surface area contributed by atoms with E-state index < -0.39 is 0 Å². The van der Waals surface area contributed by atoms with Gasteiger partial charge in [-0.05, 0) is 37.6 Å². The molecule has 21 heavy (non-hydrogen) atoms. The lowest BCUT2D eigenvalue weighted by Crippen LogP contribution is -2.19. The maximum atomic E-state index is 11.8. The van der Waals surface area contributed by atoms with E-state index in [9.17, 15) is 4.79 Å². The minimum atomic E-state index is -0.183. The molecule has 0 saturated carbocycles. The zero-order valence-electron chi connectivity index (χ0n) is 12.3. The van der Waals surface area contributed by atoms with E-state index in [0.717, 1.165) is 28.4 Å². The largest absolute Gasteiger partial charge is 0.497 e. The van der Waals surface area contributed by atoms with Crippen LogP contribution in [0.1, 0.15) is 22.6 Å². The van der Waals surface area contributed by atoms with E-state index in [2.05, 4.69) is 10.5 Å². The molecule has 0 fully saturated rings. The van der Waals surface area contributed by atoms with Crippen LogP contribution in [0.2, 0.25) is 0 Å². The molecule has 0 atom stereocenters. The van der Waals surface area contributed by atoms with Crippen molar-refractivity contribution in [1.29, 1.82) is 0 Å². The van der Waals surface area contributed by atoms with Crippen molar-refractivity contribution in [3.8, 4) is 5.75 Å². The second-order valence-corrected chi connectivity index (χ2v) is 4.69. The van der Waals surface area contributed by atoms with Crippen molar-refractivity contribution >= 4 is 12.1 Å². The summed E-state index contributed by atoms with van der Waals surface area (Å²) in [5.74, 6) is 2.14. The van der Waals surface area contributed by atoms with Gasteiger partial charge in [-0.1, -0.05) is 12.1 Å². The van der Waals surface area contributed by atoms with Crippen molar-refractivity contribution in [2.45, 2.75) is 20.3 Å². The fourth-order valence-corrected chi connectivity index (χ4v) is 1.96. The molecule has 0 spiro atoms. The van der Waals surface area contributed by atoms with Gasteiger partial charge >= 0.3 is 0 Å². The lowest BCUT2D eigenvalue weighted by molar-refractivity contribution is -0.120. The Kier molecular flexibility index (Phi) is 4.77. The summed E-state index contributed by atoms with van der Waals surface area (Å²) in [4.78, 5) is 11.8. The Morgan fingerprint density at radius 2 is 2.19 bits per heavy atom. The molecule has 0 aliphatic carbocycles. The van der Waals surface area contributed by atoms with Crippen molar-refractivity contribution < 1.29 is 13.9 Å². The SMILES string of the molecule is COc1cccc(CC(=O)N/N=C\c2cc(C)oc2C)c1. The van der Waals surface area contributed by atoms with Crippen LogP contribution in [-0.4, -0.2) is 19.2 Å². The van der Waals surface area contributed by atoms with Gasteiger partial charge in [-0.25, -0.2) is 5.43 Å². The summed E-state index contributed by atoms with van der Waals surface area (Å²) < 4.78 is 10.5. The molecular weight excluding hydrogens is 268 g/mol. The predicted molar refractivity (Wildman–Crippen MR) is 80.6 cm³/mol. The van der Waals surface area contributed by atoms with Gasteiger partial charge in [-0.15, -0.1) is 0 Å². The minimum Gasteiger partial charge on any atom is -0.497 e. The summed E-state index contributed by atoms with van der Waals surface area (Å²) in [6.07, 6.45) is 1.83. The first kappa shape index (κ1) is 14.8. The number of methoxy groups -OCH3 is 1. The van der Waals surface area contributed by atoms with E-state index in [0.29, 0.717) is 0 Å².